The van der Waals surface area contributed by atoms with E-state index in [2.05, 4.69) is 43.4 Å². The van der Waals surface area contributed by atoms with Gasteiger partial charge in [-0.1, -0.05) is 67.7 Å². The number of hydrogen-bond acceptors (Lipinski definition) is 9. The molecule has 0 aromatic rings. The number of aliphatic hydroxyl groups is 1. The zero-order valence-electron chi connectivity index (χ0n) is 25.3. The summed E-state index contributed by atoms with van der Waals surface area (Å²) in [5.74, 6) is -1.24. The third-order valence-corrected chi connectivity index (χ3v) is 6.17. The number of allylic oxidation sites excluding steroid dienone is 9. The van der Waals surface area contributed by atoms with Crippen LogP contribution in [0.5, 0.6) is 0 Å². The Morgan fingerprint density at radius 3 is 2.12 bits per heavy atom. The smallest absolute Gasteiger partial charge is 0.305 e. The number of quaternary nitrogens is 1. The second kappa shape index (κ2) is 23.3. The van der Waals surface area contributed by atoms with Gasteiger partial charge in [-0.05, 0) is 38.5 Å². The number of esters is 2. The second-order valence-electron chi connectivity index (χ2n) is 10.3. The minimum Gasteiger partial charge on any atom is -0.756 e. The van der Waals surface area contributed by atoms with E-state index in [0.717, 1.165) is 32.6 Å². The van der Waals surface area contributed by atoms with E-state index in [1.807, 2.05) is 33.3 Å². The van der Waals surface area contributed by atoms with Crippen LogP contribution in [0.4, 0.5) is 0 Å². The van der Waals surface area contributed by atoms with E-state index in [1.54, 1.807) is 12.2 Å². The fraction of sp³-hybridized carbons (Fsp3) is 0.600. The Morgan fingerprint density at radius 2 is 1.54 bits per heavy atom. The summed E-state index contributed by atoms with van der Waals surface area (Å²) in [6, 6.07) is 0. The molecular formula is C30H50NO9P. The largest absolute Gasteiger partial charge is 0.756 e. The van der Waals surface area contributed by atoms with Crippen molar-refractivity contribution in [2.45, 2.75) is 71.0 Å². The minimum absolute atomic E-state index is 0.0384. The highest BCUT2D eigenvalue weighted by molar-refractivity contribution is 7.45. The third-order valence-electron chi connectivity index (χ3n) is 5.21. The van der Waals surface area contributed by atoms with Crippen LogP contribution in [0.3, 0.4) is 0 Å². The molecule has 1 N–H and O–H groups in total. The average Bonchev–Trinajstić information content (AvgIpc) is 2.87. The molecule has 234 valence electrons. The highest BCUT2D eigenvalue weighted by Crippen LogP contribution is 2.38. The van der Waals surface area contributed by atoms with Crippen LogP contribution in [-0.2, 0) is 32.7 Å². The van der Waals surface area contributed by atoms with Gasteiger partial charge < -0.3 is 33.0 Å². The molecule has 0 saturated heterocycles. The molecule has 0 aromatic heterocycles. The molecule has 0 radical (unpaired) electrons. The SMILES string of the molecule is CC/C=C\C/C=C\C/C=C\C/C=C\C=C\C(O)CCCC(=O)OC[C@H](COP(=O)([O-])OCC[N+](C)(C)C)OC(C)=O. The molecule has 0 saturated carbocycles. The van der Waals surface area contributed by atoms with E-state index in [-0.39, 0.29) is 19.6 Å². The number of aliphatic hydroxyl groups excluding tert-OH is 1. The Hall–Kier alpha value is -2.33. The predicted octanol–water partition coefficient (Wildman–Crippen LogP) is 4.56. The normalized spacial score (nSPS) is 15.8. The zero-order chi connectivity index (χ0) is 31.0. The van der Waals surface area contributed by atoms with E-state index < -0.39 is 38.6 Å². The molecule has 0 spiro atoms. The van der Waals surface area contributed by atoms with Gasteiger partial charge in [0.1, 0.15) is 19.8 Å². The van der Waals surface area contributed by atoms with Crippen LogP contribution in [0.25, 0.3) is 0 Å². The summed E-state index contributed by atoms with van der Waals surface area (Å²) in [4.78, 5) is 35.4. The van der Waals surface area contributed by atoms with Crippen molar-refractivity contribution in [2.75, 3.05) is 47.5 Å². The Kier molecular flexibility index (Phi) is 21.9. The van der Waals surface area contributed by atoms with Crippen molar-refractivity contribution in [1.82, 2.24) is 0 Å². The molecule has 0 heterocycles. The molecule has 11 heteroatoms. The number of carbonyl (C=O) groups is 2. The van der Waals surface area contributed by atoms with Crippen LogP contribution in [0.15, 0.2) is 60.8 Å². The molecule has 0 fully saturated rings. The predicted molar refractivity (Wildman–Crippen MR) is 159 cm³/mol. The second-order valence-corrected chi connectivity index (χ2v) is 11.7. The van der Waals surface area contributed by atoms with Crippen molar-refractivity contribution in [3.05, 3.63) is 60.8 Å². The van der Waals surface area contributed by atoms with Gasteiger partial charge >= 0.3 is 11.9 Å². The van der Waals surface area contributed by atoms with E-state index in [1.165, 1.54) is 0 Å². The molecule has 2 unspecified atom stereocenters. The van der Waals surface area contributed by atoms with Gasteiger partial charge in [-0.2, -0.15) is 0 Å². The lowest BCUT2D eigenvalue weighted by molar-refractivity contribution is -0.870. The molecular weight excluding hydrogens is 549 g/mol. The van der Waals surface area contributed by atoms with Crippen molar-refractivity contribution in [2.24, 2.45) is 0 Å². The first-order chi connectivity index (χ1) is 19.3. The maximum atomic E-state index is 12.1. The van der Waals surface area contributed by atoms with Gasteiger partial charge in [-0.3, -0.25) is 14.2 Å². The quantitative estimate of drug-likeness (QED) is 0.0590. The topological polar surface area (TPSA) is 131 Å². The van der Waals surface area contributed by atoms with E-state index in [9.17, 15) is 24.2 Å². The van der Waals surface area contributed by atoms with E-state index in [4.69, 9.17) is 18.5 Å². The van der Waals surface area contributed by atoms with Crippen LogP contribution < -0.4 is 4.89 Å². The molecule has 0 aromatic carbocycles. The van der Waals surface area contributed by atoms with Gasteiger partial charge in [0, 0.05) is 13.3 Å². The summed E-state index contributed by atoms with van der Waals surface area (Å²) in [5, 5.41) is 10.1. The molecule has 0 aliphatic rings. The number of rotatable bonds is 23. The molecule has 3 atom stereocenters. The Labute approximate surface area is 246 Å². The highest BCUT2D eigenvalue weighted by Gasteiger charge is 2.20. The summed E-state index contributed by atoms with van der Waals surface area (Å²) in [6.45, 7) is 2.73. The van der Waals surface area contributed by atoms with Gasteiger partial charge in [0.05, 0.1) is 33.9 Å². The van der Waals surface area contributed by atoms with Gasteiger partial charge in [-0.15, -0.1) is 0 Å². The molecule has 0 amide bonds. The lowest BCUT2D eigenvalue weighted by Gasteiger charge is -2.28. The van der Waals surface area contributed by atoms with Gasteiger partial charge in [0.15, 0.2) is 6.10 Å². The Balaban J connectivity index is 4.24. The van der Waals surface area contributed by atoms with Crippen LogP contribution in [0.2, 0.25) is 0 Å². The number of carbonyl (C=O) groups excluding carboxylic acids is 2. The number of phosphoric acid groups is 1. The molecule has 0 aliphatic carbocycles. The summed E-state index contributed by atoms with van der Waals surface area (Å²) in [6.07, 6.45) is 22.7. The monoisotopic (exact) mass is 599 g/mol. The number of likely N-dealkylation sites (N-methyl/N-ethyl adjacent to an activating group) is 1. The lowest BCUT2D eigenvalue weighted by Crippen LogP contribution is -2.37. The zero-order valence-corrected chi connectivity index (χ0v) is 26.2. The fourth-order valence-electron chi connectivity index (χ4n) is 3.03. The van der Waals surface area contributed by atoms with Gasteiger partial charge in [0.2, 0.25) is 0 Å². The van der Waals surface area contributed by atoms with Crippen LogP contribution >= 0.6 is 7.82 Å². The van der Waals surface area contributed by atoms with Crippen LogP contribution in [-0.4, -0.2) is 81.2 Å². The maximum absolute atomic E-state index is 12.1. The summed E-state index contributed by atoms with van der Waals surface area (Å²) in [7, 11) is 1.04. The first-order valence-corrected chi connectivity index (χ1v) is 15.5. The number of ether oxygens (including phenoxy) is 2. The first-order valence-electron chi connectivity index (χ1n) is 14.0. The molecule has 0 aliphatic heterocycles. The highest BCUT2D eigenvalue weighted by atomic mass is 31.2. The number of nitrogens with zero attached hydrogens (tertiary/aromatic N) is 1. The number of phosphoric ester groups is 1. The lowest BCUT2D eigenvalue weighted by atomic mass is 10.1. The van der Waals surface area contributed by atoms with E-state index in [0.29, 0.717) is 23.9 Å². The van der Waals surface area contributed by atoms with Gasteiger partial charge in [0.25, 0.3) is 7.82 Å². The Morgan fingerprint density at radius 1 is 0.927 bits per heavy atom. The maximum Gasteiger partial charge on any atom is 0.305 e. The van der Waals surface area contributed by atoms with Crippen molar-refractivity contribution < 1.29 is 47.2 Å². The molecule has 10 nitrogen and oxygen atoms in total. The average molecular weight is 600 g/mol. The first kappa shape index (κ1) is 38.7. The minimum atomic E-state index is -4.62. The number of hydrogen-bond donors (Lipinski definition) is 1. The van der Waals surface area contributed by atoms with Crippen molar-refractivity contribution in [3.8, 4) is 0 Å². The van der Waals surface area contributed by atoms with Gasteiger partial charge in [-0.25, -0.2) is 0 Å². The standard InChI is InChI=1S/C30H50NO9P/c1-6-7-8-9-10-11-12-13-14-15-16-17-18-20-28(33)21-19-22-30(34)37-25-29(40-27(2)32)26-39-41(35,36)38-24-23-31(3,4)5/h7-8,10-11,13-14,16-18,20,28-29,33H,6,9,12,15,19,21-26H2,1-5H3/b8-7-,11-10-,14-13-,17-16-,20-18+/t28?,29-/m1/s1. The summed E-state index contributed by atoms with van der Waals surface area (Å²) >= 11 is 0. The summed E-state index contributed by atoms with van der Waals surface area (Å²) < 4.78 is 32.2. The molecule has 41 heavy (non-hydrogen) atoms. The summed E-state index contributed by atoms with van der Waals surface area (Å²) in [5.41, 5.74) is 0. The fourth-order valence-corrected chi connectivity index (χ4v) is 3.76. The van der Waals surface area contributed by atoms with Crippen molar-refractivity contribution >= 4 is 19.8 Å². The van der Waals surface area contributed by atoms with E-state index >= 15 is 0 Å². The van der Waals surface area contributed by atoms with Crippen molar-refractivity contribution in [3.63, 3.8) is 0 Å². The molecule has 0 rings (SSSR count). The molecule has 0 bridgehead atoms. The van der Waals surface area contributed by atoms with Crippen molar-refractivity contribution in [1.29, 1.82) is 0 Å². The third kappa shape index (κ3) is 27.6. The van der Waals surface area contributed by atoms with Crippen LogP contribution in [0.1, 0.15) is 58.8 Å². The Bertz CT molecular complexity index is 919. The van der Waals surface area contributed by atoms with Crippen LogP contribution in [0, 0.1) is 0 Å².